The Morgan fingerprint density at radius 1 is 1.47 bits per heavy atom. The molecule has 1 aliphatic rings. The van der Waals surface area contributed by atoms with Crippen molar-refractivity contribution in [2.24, 2.45) is 0 Å². The second-order valence-corrected chi connectivity index (χ2v) is 4.27. The number of rotatable bonds is 6. The highest BCUT2D eigenvalue weighted by molar-refractivity contribution is 5.46. The summed E-state index contributed by atoms with van der Waals surface area (Å²) in [7, 11) is 1.43. The number of ether oxygens (including phenoxy) is 3. The topological polar surface area (TPSA) is 39.7 Å². The first-order valence-electron chi connectivity index (χ1n) is 6.12. The van der Waals surface area contributed by atoms with Gasteiger partial charge in [0.1, 0.15) is 0 Å². The van der Waals surface area contributed by atoms with E-state index in [9.17, 15) is 8.78 Å². The highest BCUT2D eigenvalue weighted by Gasteiger charge is 2.18. The van der Waals surface area contributed by atoms with Crippen molar-refractivity contribution in [2.75, 3.05) is 20.3 Å². The first kappa shape index (κ1) is 14.0. The molecule has 4 nitrogen and oxygen atoms in total. The average molecular weight is 273 g/mol. The van der Waals surface area contributed by atoms with E-state index in [-0.39, 0.29) is 11.8 Å². The fraction of sp³-hybridized carbons (Fsp3) is 0.538. The van der Waals surface area contributed by atoms with Gasteiger partial charge >= 0.3 is 6.61 Å². The third-order valence-corrected chi connectivity index (χ3v) is 3.00. The van der Waals surface area contributed by atoms with Crippen LogP contribution < -0.4 is 14.8 Å². The van der Waals surface area contributed by atoms with Gasteiger partial charge in [-0.15, -0.1) is 0 Å². The first-order valence-corrected chi connectivity index (χ1v) is 6.12. The van der Waals surface area contributed by atoms with E-state index in [2.05, 4.69) is 10.1 Å². The maximum absolute atomic E-state index is 12.4. The second-order valence-electron chi connectivity index (χ2n) is 4.27. The van der Waals surface area contributed by atoms with E-state index in [0.29, 0.717) is 24.5 Å². The van der Waals surface area contributed by atoms with Gasteiger partial charge in [0.05, 0.1) is 13.7 Å². The van der Waals surface area contributed by atoms with Crippen LogP contribution in [-0.2, 0) is 11.3 Å². The molecule has 19 heavy (non-hydrogen) atoms. The van der Waals surface area contributed by atoms with Crippen molar-refractivity contribution in [3.05, 3.63) is 23.8 Å². The Labute approximate surface area is 110 Å². The Morgan fingerprint density at radius 2 is 2.32 bits per heavy atom. The molecule has 2 rings (SSSR count). The average Bonchev–Trinajstić information content (AvgIpc) is 2.90. The van der Waals surface area contributed by atoms with Crippen LogP contribution in [0.3, 0.4) is 0 Å². The minimum atomic E-state index is -2.87. The van der Waals surface area contributed by atoms with Crippen LogP contribution in [0.15, 0.2) is 18.2 Å². The number of halogens is 2. The molecule has 1 fully saturated rings. The Kier molecular flexibility index (Phi) is 4.93. The number of hydrogen-bond donors (Lipinski definition) is 1. The van der Waals surface area contributed by atoms with Crippen LogP contribution in [0.1, 0.15) is 12.0 Å². The molecule has 0 radical (unpaired) electrons. The van der Waals surface area contributed by atoms with Crippen LogP contribution in [0, 0.1) is 0 Å². The minimum Gasteiger partial charge on any atom is -0.493 e. The molecule has 0 amide bonds. The molecule has 0 aromatic heterocycles. The van der Waals surface area contributed by atoms with E-state index < -0.39 is 6.61 Å². The predicted molar refractivity (Wildman–Crippen MR) is 65.7 cm³/mol. The molecule has 1 aromatic carbocycles. The van der Waals surface area contributed by atoms with E-state index in [1.54, 1.807) is 18.2 Å². The molecule has 0 aliphatic carbocycles. The molecule has 0 saturated carbocycles. The lowest BCUT2D eigenvalue weighted by Crippen LogP contribution is -2.28. The van der Waals surface area contributed by atoms with Gasteiger partial charge in [0.2, 0.25) is 0 Å². The van der Waals surface area contributed by atoms with E-state index >= 15 is 0 Å². The van der Waals surface area contributed by atoms with Crippen molar-refractivity contribution in [3.63, 3.8) is 0 Å². The van der Waals surface area contributed by atoms with Gasteiger partial charge in [0, 0.05) is 24.8 Å². The van der Waals surface area contributed by atoms with E-state index in [1.165, 1.54) is 7.11 Å². The summed E-state index contributed by atoms with van der Waals surface area (Å²) in [6.07, 6.45) is 0.926. The molecular formula is C13H17F2NO3. The maximum Gasteiger partial charge on any atom is 0.387 e. The SMILES string of the molecule is COc1cccc(CNC2CCOC2)c1OC(F)F. The highest BCUT2D eigenvalue weighted by atomic mass is 19.3. The number of alkyl halides is 2. The normalized spacial score (nSPS) is 18.8. The molecule has 1 heterocycles. The smallest absolute Gasteiger partial charge is 0.387 e. The van der Waals surface area contributed by atoms with Crippen LogP contribution in [0.25, 0.3) is 0 Å². The van der Waals surface area contributed by atoms with Crippen LogP contribution in [0.4, 0.5) is 8.78 Å². The number of hydrogen-bond acceptors (Lipinski definition) is 4. The first-order chi connectivity index (χ1) is 9.20. The van der Waals surface area contributed by atoms with Gasteiger partial charge in [0.25, 0.3) is 0 Å². The van der Waals surface area contributed by atoms with Gasteiger partial charge < -0.3 is 19.5 Å². The van der Waals surface area contributed by atoms with Crippen molar-refractivity contribution in [2.45, 2.75) is 25.6 Å². The van der Waals surface area contributed by atoms with Crippen LogP contribution >= 0.6 is 0 Å². The molecule has 1 atom stereocenters. The molecule has 1 aliphatic heterocycles. The van der Waals surface area contributed by atoms with Gasteiger partial charge in [-0.1, -0.05) is 12.1 Å². The maximum atomic E-state index is 12.4. The lowest BCUT2D eigenvalue weighted by atomic mass is 10.1. The summed E-state index contributed by atoms with van der Waals surface area (Å²) >= 11 is 0. The molecular weight excluding hydrogens is 256 g/mol. The number of methoxy groups -OCH3 is 1. The van der Waals surface area contributed by atoms with Gasteiger partial charge in [-0.25, -0.2) is 0 Å². The molecule has 1 aromatic rings. The third-order valence-electron chi connectivity index (χ3n) is 3.00. The van der Waals surface area contributed by atoms with Crippen molar-refractivity contribution in [1.29, 1.82) is 0 Å². The van der Waals surface area contributed by atoms with Crippen molar-refractivity contribution < 1.29 is 23.0 Å². The van der Waals surface area contributed by atoms with Gasteiger partial charge in [-0.3, -0.25) is 0 Å². The number of nitrogens with one attached hydrogen (secondary N) is 1. The summed E-state index contributed by atoms with van der Waals surface area (Å²) in [5, 5.41) is 3.26. The van der Waals surface area contributed by atoms with Gasteiger partial charge in [-0.2, -0.15) is 8.78 Å². The van der Waals surface area contributed by atoms with Gasteiger partial charge in [-0.05, 0) is 12.5 Å². The summed E-state index contributed by atoms with van der Waals surface area (Å²) in [6, 6.07) is 5.34. The summed E-state index contributed by atoms with van der Waals surface area (Å²) in [5.41, 5.74) is 0.645. The summed E-state index contributed by atoms with van der Waals surface area (Å²) in [5.74, 6) is 0.397. The Morgan fingerprint density at radius 3 is 2.95 bits per heavy atom. The zero-order valence-corrected chi connectivity index (χ0v) is 10.7. The van der Waals surface area contributed by atoms with Crippen molar-refractivity contribution >= 4 is 0 Å². The molecule has 1 N–H and O–H groups in total. The second kappa shape index (κ2) is 6.68. The van der Waals surface area contributed by atoms with Crippen LogP contribution in [-0.4, -0.2) is 33.0 Å². The standard InChI is InChI=1S/C13H17F2NO3/c1-17-11-4-2-3-9(12(11)19-13(14)15)7-16-10-5-6-18-8-10/h2-4,10,13,16H,5-8H2,1H3. The largest absolute Gasteiger partial charge is 0.493 e. The fourth-order valence-corrected chi connectivity index (χ4v) is 2.03. The Bertz CT molecular complexity index is 409. The molecule has 0 spiro atoms. The summed E-state index contributed by atoms with van der Waals surface area (Å²) in [6.45, 7) is -1.05. The molecule has 106 valence electrons. The lowest BCUT2D eigenvalue weighted by molar-refractivity contribution is -0.0518. The van der Waals surface area contributed by atoms with Crippen molar-refractivity contribution in [1.82, 2.24) is 5.32 Å². The third kappa shape index (κ3) is 3.78. The monoisotopic (exact) mass is 273 g/mol. The van der Waals surface area contributed by atoms with E-state index in [1.807, 2.05) is 0 Å². The fourth-order valence-electron chi connectivity index (χ4n) is 2.03. The van der Waals surface area contributed by atoms with Crippen LogP contribution in [0.5, 0.6) is 11.5 Å². The van der Waals surface area contributed by atoms with E-state index in [0.717, 1.165) is 13.0 Å². The lowest BCUT2D eigenvalue weighted by Gasteiger charge is -2.16. The summed E-state index contributed by atoms with van der Waals surface area (Å²) in [4.78, 5) is 0. The molecule has 0 bridgehead atoms. The quantitative estimate of drug-likeness (QED) is 0.862. The minimum absolute atomic E-state index is 0.0893. The van der Waals surface area contributed by atoms with Crippen molar-refractivity contribution in [3.8, 4) is 11.5 Å². The molecule has 1 saturated heterocycles. The Hall–Kier alpha value is -1.40. The number of para-hydroxylation sites is 1. The molecule has 1 unspecified atom stereocenters. The highest BCUT2D eigenvalue weighted by Crippen LogP contribution is 2.32. The number of benzene rings is 1. The predicted octanol–water partition coefficient (Wildman–Crippen LogP) is 2.18. The zero-order valence-electron chi connectivity index (χ0n) is 10.7. The van der Waals surface area contributed by atoms with Gasteiger partial charge in [0.15, 0.2) is 11.5 Å². The zero-order chi connectivity index (χ0) is 13.7. The Balaban J connectivity index is 2.08. The van der Waals surface area contributed by atoms with Crippen LogP contribution in [0.2, 0.25) is 0 Å². The van der Waals surface area contributed by atoms with E-state index in [4.69, 9.17) is 9.47 Å². The summed E-state index contributed by atoms with van der Waals surface area (Å²) < 4.78 is 39.7. The molecule has 6 heteroatoms.